The Morgan fingerprint density at radius 3 is 2.82 bits per heavy atom. The van der Waals surface area contributed by atoms with Crippen LogP contribution in [-0.2, 0) is 6.54 Å². The van der Waals surface area contributed by atoms with E-state index in [-0.39, 0.29) is 11.4 Å². The molecule has 17 heavy (non-hydrogen) atoms. The zero-order valence-electron chi connectivity index (χ0n) is 8.92. The molecule has 0 spiro atoms. The summed E-state index contributed by atoms with van der Waals surface area (Å²) >= 11 is 1.63. The van der Waals surface area contributed by atoms with Crippen molar-refractivity contribution in [1.29, 1.82) is 0 Å². The van der Waals surface area contributed by atoms with Gasteiger partial charge in [0.25, 0.3) is 5.69 Å². The molecule has 0 radical (unpaired) electrons. The summed E-state index contributed by atoms with van der Waals surface area (Å²) in [5, 5.41) is 17.8. The van der Waals surface area contributed by atoms with Crippen LogP contribution in [0.3, 0.4) is 0 Å². The van der Waals surface area contributed by atoms with E-state index in [2.05, 4.69) is 5.32 Å². The number of nitrogens with two attached hydrogens (primary N) is 1. The number of rotatable bonds is 4. The van der Waals surface area contributed by atoms with Crippen LogP contribution in [0.15, 0.2) is 35.0 Å². The molecule has 88 valence electrons. The van der Waals surface area contributed by atoms with E-state index in [9.17, 15) is 10.1 Å². The predicted molar refractivity (Wildman–Crippen MR) is 69.2 cm³/mol. The highest BCUT2D eigenvalue weighted by atomic mass is 32.1. The van der Waals surface area contributed by atoms with E-state index in [0.717, 1.165) is 5.69 Å². The Balaban J connectivity index is 2.07. The highest BCUT2D eigenvalue weighted by Crippen LogP contribution is 2.24. The predicted octanol–water partition coefficient (Wildman–Crippen LogP) is 2.85. The number of benzene rings is 1. The molecule has 0 amide bonds. The summed E-state index contributed by atoms with van der Waals surface area (Å²) in [6, 6.07) is 6.66. The normalized spacial score (nSPS) is 10.1. The first-order valence-corrected chi connectivity index (χ1v) is 5.90. The zero-order valence-corrected chi connectivity index (χ0v) is 9.74. The lowest BCUT2D eigenvalue weighted by Gasteiger charge is -2.06. The van der Waals surface area contributed by atoms with Crippen molar-refractivity contribution in [3.8, 4) is 0 Å². The van der Waals surface area contributed by atoms with Crippen molar-refractivity contribution >= 4 is 28.4 Å². The molecule has 1 aromatic heterocycles. The van der Waals surface area contributed by atoms with Gasteiger partial charge < -0.3 is 11.1 Å². The molecule has 0 unspecified atom stereocenters. The monoisotopic (exact) mass is 249 g/mol. The third-order valence-electron chi connectivity index (χ3n) is 2.30. The summed E-state index contributed by atoms with van der Waals surface area (Å²) < 4.78 is 0. The minimum Gasteiger partial charge on any atom is -0.393 e. The van der Waals surface area contributed by atoms with Crippen molar-refractivity contribution in [2.75, 3.05) is 11.1 Å². The summed E-state index contributed by atoms with van der Waals surface area (Å²) in [4.78, 5) is 10.1. The molecule has 3 N–H and O–H groups in total. The summed E-state index contributed by atoms with van der Waals surface area (Å²) in [6.07, 6.45) is 0. The molecule has 0 aliphatic carbocycles. The van der Waals surface area contributed by atoms with E-state index >= 15 is 0 Å². The third-order valence-corrected chi connectivity index (χ3v) is 3.03. The van der Waals surface area contributed by atoms with Gasteiger partial charge in [-0.2, -0.15) is 11.3 Å². The van der Waals surface area contributed by atoms with Gasteiger partial charge in [0, 0.05) is 18.3 Å². The van der Waals surface area contributed by atoms with Gasteiger partial charge in [0.2, 0.25) is 0 Å². The maximum Gasteiger partial charge on any atom is 0.292 e. The van der Waals surface area contributed by atoms with Gasteiger partial charge >= 0.3 is 0 Å². The molecule has 0 bridgehead atoms. The maximum atomic E-state index is 10.6. The number of nitrogens with zero attached hydrogens (tertiary/aromatic N) is 1. The van der Waals surface area contributed by atoms with Crippen LogP contribution in [0.2, 0.25) is 0 Å². The van der Waals surface area contributed by atoms with Crippen LogP contribution < -0.4 is 11.1 Å². The number of hydrogen-bond donors (Lipinski definition) is 2. The Kier molecular flexibility index (Phi) is 3.24. The Hall–Kier alpha value is -2.08. The Morgan fingerprint density at radius 1 is 1.41 bits per heavy atom. The molecule has 0 atom stereocenters. The SMILES string of the molecule is Nc1cc(NCc2ccsc2)ccc1[N+](=O)[O-]. The standard InChI is InChI=1S/C11H11N3O2S/c12-10-5-9(1-2-11(10)14(15)16)13-6-8-3-4-17-7-8/h1-5,7,13H,6,12H2. The first-order chi connectivity index (χ1) is 8.16. The van der Waals surface area contributed by atoms with Crippen LogP contribution in [0.4, 0.5) is 17.1 Å². The molecule has 6 heteroatoms. The summed E-state index contributed by atoms with van der Waals surface area (Å²) in [6.45, 7) is 0.681. The average molecular weight is 249 g/mol. The molecule has 5 nitrogen and oxygen atoms in total. The van der Waals surface area contributed by atoms with Gasteiger partial charge in [0.1, 0.15) is 5.69 Å². The minimum atomic E-state index is -0.488. The lowest BCUT2D eigenvalue weighted by atomic mass is 10.2. The van der Waals surface area contributed by atoms with Gasteiger partial charge in [-0.05, 0) is 34.5 Å². The first kappa shape index (κ1) is 11.4. The van der Waals surface area contributed by atoms with Gasteiger partial charge in [0.05, 0.1) is 4.92 Å². The van der Waals surface area contributed by atoms with Crippen molar-refractivity contribution in [3.05, 3.63) is 50.7 Å². The number of nitrogens with one attached hydrogen (secondary N) is 1. The molecule has 1 heterocycles. The van der Waals surface area contributed by atoms with Gasteiger partial charge in [-0.15, -0.1) is 0 Å². The minimum absolute atomic E-state index is 0.0638. The number of nitro groups is 1. The molecule has 0 aliphatic heterocycles. The lowest BCUT2D eigenvalue weighted by Crippen LogP contribution is -2.00. The number of hydrogen-bond acceptors (Lipinski definition) is 5. The molecular formula is C11H11N3O2S. The second-order valence-electron chi connectivity index (χ2n) is 3.52. The van der Waals surface area contributed by atoms with Crippen molar-refractivity contribution in [1.82, 2.24) is 0 Å². The summed E-state index contributed by atoms with van der Waals surface area (Å²) in [5.74, 6) is 0. The van der Waals surface area contributed by atoms with Crippen LogP contribution in [0.25, 0.3) is 0 Å². The molecule has 2 rings (SSSR count). The number of anilines is 2. The second kappa shape index (κ2) is 4.84. The van der Waals surface area contributed by atoms with E-state index in [4.69, 9.17) is 5.73 Å². The van der Waals surface area contributed by atoms with Crippen molar-refractivity contribution in [2.24, 2.45) is 0 Å². The van der Waals surface area contributed by atoms with Crippen LogP contribution in [0, 0.1) is 10.1 Å². The van der Waals surface area contributed by atoms with Crippen LogP contribution >= 0.6 is 11.3 Å². The van der Waals surface area contributed by atoms with Crippen LogP contribution in [0.1, 0.15) is 5.56 Å². The zero-order chi connectivity index (χ0) is 12.3. The van der Waals surface area contributed by atoms with Crippen molar-refractivity contribution < 1.29 is 4.92 Å². The Bertz CT molecular complexity index is 526. The smallest absolute Gasteiger partial charge is 0.292 e. The fourth-order valence-electron chi connectivity index (χ4n) is 1.43. The van der Waals surface area contributed by atoms with E-state index in [1.807, 2.05) is 16.8 Å². The Labute approximate surface area is 102 Å². The largest absolute Gasteiger partial charge is 0.393 e. The maximum absolute atomic E-state index is 10.6. The number of nitro benzene ring substituents is 1. The molecule has 0 saturated carbocycles. The van der Waals surface area contributed by atoms with Gasteiger partial charge in [-0.1, -0.05) is 0 Å². The topological polar surface area (TPSA) is 81.2 Å². The molecular weight excluding hydrogens is 238 g/mol. The Morgan fingerprint density at radius 2 is 2.24 bits per heavy atom. The summed E-state index contributed by atoms with van der Waals surface area (Å²) in [5.41, 5.74) is 7.65. The quantitative estimate of drug-likeness (QED) is 0.496. The molecule has 0 saturated heterocycles. The molecule has 2 aromatic rings. The lowest BCUT2D eigenvalue weighted by molar-refractivity contribution is -0.383. The van der Waals surface area contributed by atoms with Gasteiger partial charge in [-0.3, -0.25) is 10.1 Å². The second-order valence-corrected chi connectivity index (χ2v) is 4.30. The average Bonchev–Trinajstić information content (AvgIpc) is 2.78. The van der Waals surface area contributed by atoms with Gasteiger partial charge in [-0.25, -0.2) is 0 Å². The summed E-state index contributed by atoms with van der Waals surface area (Å²) in [7, 11) is 0. The fraction of sp³-hybridized carbons (Fsp3) is 0.0909. The third kappa shape index (κ3) is 2.73. The highest BCUT2D eigenvalue weighted by Gasteiger charge is 2.10. The van der Waals surface area contributed by atoms with E-state index in [1.54, 1.807) is 23.5 Å². The van der Waals surface area contributed by atoms with Crippen molar-refractivity contribution in [3.63, 3.8) is 0 Å². The van der Waals surface area contributed by atoms with Crippen LogP contribution in [-0.4, -0.2) is 4.92 Å². The molecule has 0 aliphatic rings. The molecule has 1 aromatic carbocycles. The van der Waals surface area contributed by atoms with Crippen molar-refractivity contribution in [2.45, 2.75) is 6.54 Å². The van der Waals surface area contributed by atoms with E-state index in [1.165, 1.54) is 11.6 Å². The van der Waals surface area contributed by atoms with Crippen LogP contribution in [0.5, 0.6) is 0 Å². The van der Waals surface area contributed by atoms with E-state index in [0.29, 0.717) is 6.54 Å². The fourth-order valence-corrected chi connectivity index (χ4v) is 2.10. The van der Waals surface area contributed by atoms with Gasteiger partial charge in [0.15, 0.2) is 0 Å². The number of nitrogen functional groups attached to an aromatic ring is 1. The van der Waals surface area contributed by atoms with E-state index < -0.39 is 4.92 Å². The number of thiophene rings is 1. The highest BCUT2D eigenvalue weighted by molar-refractivity contribution is 7.07. The first-order valence-electron chi connectivity index (χ1n) is 4.95. The molecule has 0 fully saturated rings.